The fraction of sp³-hybridized carbons (Fsp3) is 0.667. The molecule has 3 amide bonds. The Morgan fingerprint density at radius 2 is 1.58 bits per heavy atom. The molecule has 33 heavy (non-hydrogen) atoms. The monoisotopic (exact) mass is 468 g/mol. The van der Waals surface area contributed by atoms with E-state index in [1.807, 2.05) is 13.8 Å². The Bertz CT molecular complexity index is 822. The molecule has 3 N–H and O–H groups in total. The van der Waals surface area contributed by atoms with Gasteiger partial charge in [0.15, 0.2) is 5.78 Å². The van der Waals surface area contributed by atoms with Crippen LogP contribution in [0.3, 0.4) is 0 Å². The van der Waals surface area contributed by atoms with Crippen LogP contribution >= 0.6 is 0 Å². The van der Waals surface area contributed by atoms with Crippen molar-refractivity contribution in [1.29, 1.82) is 0 Å². The summed E-state index contributed by atoms with van der Waals surface area (Å²) in [7, 11) is 2.74. The number of ether oxygens (including phenoxy) is 3. The smallest absolute Gasteiger partial charge is 0.290 e. The van der Waals surface area contributed by atoms with Gasteiger partial charge in [0.2, 0.25) is 17.6 Å². The maximum atomic E-state index is 13.0. The van der Waals surface area contributed by atoms with Crippen LogP contribution < -0.4 is 16.0 Å². The van der Waals surface area contributed by atoms with Gasteiger partial charge in [0.05, 0.1) is 32.1 Å². The van der Waals surface area contributed by atoms with E-state index in [-0.39, 0.29) is 30.7 Å². The molecule has 0 radical (unpaired) electrons. The number of Topliss-reactive ketones (excluding diaryl/α,β-unsaturated/α-hetero) is 1. The van der Waals surface area contributed by atoms with Crippen LogP contribution in [0.1, 0.15) is 37.7 Å². The molecule has 0 unspecified atom stereocenters. The number of epoxide rings is 1. The molecule has 1 fully saturated rings. The van der Waals surface area contributed by atoms with Gasteiger partial charge in [-0.2, -0.15) is 0 Å². The standard InChI is InChI=1S/C21H32N4O8/c1-12(2)8-13(17(26)21(3)11-32-21)23-18(27)14(9-30-4)24-19(28)15(10-31-5)25-20(29)16-6-7-22-33-16/h6-7,12-15H,8-11H2,1-5H3,(H,23,27)(H,24,28)(H,25,29)/t13-,14-,15-,21-/m0/s1. The van der Waals surface area contributed by atoms with Crippen LogP contribution in [0.25, 0.3) is 0 Å². The minimum atomic E-state index is -1.12. The lowest BCUT2D eigenvalue weighted by molar-refractivity contribution is -0.134. The lowest BCUT2D eigenvalue weighted by Gasteiger charge is -2.26. The van der Waals surface area contributed by atoms with Gasteiger partial charge in [-0.3, -0.25) is 19.2 Å². The minimum absolute atomic E-state index is 0.0825. The van der Waals surface area contributed by atoms with Crippen LogP contribution in [0.15, 0.2) is 16.8 Å². The number of ketones is 1. The summed E-state index contributed by atoms with van der Waals surface area (Å²) in [5.74, 6) is -2.10. The molecule has 0 aliphatic carbocycles. The van der Waals surface area contributed by atoms with Gasteiger partial charge in [0, 0.05) is 20.3 Å². The number of methoxy groups -OCH3 is 2. The molecule has 0 aromatic carbocycles. The van der Waals surface area contributed by atoms with Crippen LogP contribution in [0, 0.1) is 5.92 Å². The highest BCUT2D eigenvalue weighted by Gasteiger charge is 2.50. The Balaban J connectivity index is 2.07. The second-order valence-electron chi connectivity index (χ2n) is 8.45. The topological polar surface area (TPSA) is 161 Å². The molecule has 184 valence electrons. The van der Waals surface area contributed by atoms with Gasteiger partial charge >= 0.3 is 0 Å². The predicted molar refractivity (Wildman–Crippen MR) is 114 cm³/mol. The van der Waals surface area contributed by atoms with Gasteiger partial charge in [-0.25, -0.2) is 0 Å². The molecule has 1 aromatic heterocycles. The summed E-state index contributed by atoms with van der Waals surface area (Å²) in [4.78, 5) is 50.8. The van der Waals surface area contributed by atoms with Crippen LogP contribution in [-0.4, -0.2) is 86.4 Å². The first-order valence-corrected chi connectivity index (χ1v) is 10.6. The van der Waals surface area contributed by atoms with Crippen molar-refractivity contribution in [1.82, 2.24) is 21.1 Å². The molecule has 4 atom stereocenters. The quantitative estimate of drug-likeness (QED) is 0.304. The normalized spacial score (nSPS) is 19.9. The van der Waals surface area contributed by atoms with E-state index in [9.17, 15) is 19.2 Å². The van der Waals surface area contributed by atoms with E-state index in [1.165, 1.54) is 26.5 Å². The van der Waals surface area contributed by atoms with Crippen LogP contribution in [0.5, 0.6) is 0 Å². The maximum Gasteiger partial charge on any atom is 0.290 e. The van der Waals surface area contributed by atoms with Gasteiger partial charge in [-0.1, -0.05) is 19.0 Å². The molecule has 12 nitrogen and oxygen atoms in total. The lowest BCUT2D eigenvalue weighted by Crippen LogP contribution is -2.58. The van der Waals surface area contributed by atoms with E-state index < -0.39 is 41.4 Å². The zero-order valence-corrected chi connectivity index (χ0v) is 19.5. The molecule has 0 bridgehead atoms. The molecule has 0 spiro atoms. The molecule has 1 saturated heterocycles. The van der Waals surface area contributed by atoms with Crippen molar-refractivity contribution in [2.24, 2.45) is 5.92 Å². The lowest BCUT2D eigenvalue weighted by atomic mass is 9.93. The van der Waals surface area contributed by atoms with E-state index in [0.29, 0.717) is 13.0 Å². The predicted octanol–water partition coefficient (Wildman–Crippen LogP) is -0.560. The van der Waals surface area contributed by atoms with Crippen molar-refractivity contribution in [3.8, 4) is 0 Å². The Kier molecular flexibility index (Phi) is 9.50. The number of rotatable bonds is 14. The summed E-state index contributed by atoms with van der Waals surface area (Å²) in [5.41, 5.74) is -0.901. The number of aromatic nitrogens is 1. The number of nitrogens with zero attached hydrogens (tertiary/aromatic N) is 1. The first kappa shape index (κ1) is 26.4. The summed E-state index contributed by atoms with van der Waals surface area (Å²) in [6, 6.07) is -1.66. The molecule has 1 aromatic rings. The van der Waals surface area contributed by atoms with Crippen molar-refractivity contribution in [3.05, 3.63) is 18.0 Å². The van der Waals surface area contributed by atoms with Crippen LogP contribution in [-0.2, 0) is 28.6 Å². The molecule has 0 saturated carbocycles. The number of nitrogens with one attached hydrogen (secondary N) is 3. The summed E-state index contributed by atoms with van der Waals surface area (Å²) in [6.07, 6.45) is 1.71. The maximum absolute atomic E-state index is 13.0. The SMILES string of the molecule is COC[C@H](NC(=O)c1ccno1)C(=O)N[C@@H](COC)C(=O)N[C@@H](CC(C)C)C(=O)[C@]1(C)CO1. The van der Waals surface area contributed by atoms with Gasteiger partial charge in [-0.05, 0) is 19.3 Å². The van der Waals surface area contributed by atoms with Gasteiger partial charge in [0.25, 0.3) is 5.91 Å². The van der Waals surface area contributed by atoms with Crippen LogP contribution in [0.4, 0.5) is 0 Å². The molecule has 12 heteroatoms. The average molecular weight is 469 g/mol. The summed E-state index contributed by atoms with van der Waals surface area (Å²) >= 11 is 0. The third-order valence-electron chi connectivity index (χ3n) is 5.02. The third-order valence-corrected chi connectivity index (χ3v) is 5.02. The van der Waals surface area contributed by atoms with E-state index >= 15 is 0 Å². The van der Waals surface area contributed by atoms with Crippen molar-refractivity contribution in [2.45, 2.75) is 50.9 Å². The largest absolute Gasteiger partial charge is 0.382 e. The number of carbonyl (C=O) groups excluding carboxylic acids is 4. The highest BCUT2D eigenvalue weighted by molar-refractivity contribution is 5.99. The fourth-order valence-corrected chi connectivity index (χ4v) is 3.13. The van der Waals surface area contributed by atoms with Gasteiger partial charge < -0.3 is 34.7 Å². The number of carbonyl (C=O) groups is 4. The molecule has 2 heterocycles. The second kappa shape index (κ2) is 11.9. The van der Waals surface area contributed by atoms with Crippen molar-refractivity contribution in [3.63, 3.8) is 0 Å². The second-order valence-corrected chi connectivity index (χ2v) is 8.45. The molecule has 2 rings (SSSR count). The molecule has 1 aliphatic heterocycles. The Hall–Kier alpha value is -2.83. The Labute approximate surface area is 192 Å². The van der Waals surface area contributed by atoms with E-state index in [0.717, 1.165) is 0 Å². The third kappa shape index (κ3) is 7.62. The molecule has 1 aliphatic rings. The minimum Gasteiger partial charge on any atom is -0.382 e. The van der Waals surface area contributed by atoms with E-state index in [1.54, 1.807) is 6.92 Å². The zero-order valence-electron chi connectivity index (χ0n) is 19.5. The van der Waals surface area contributed by atoms with Crippen molar-refractivity contribution >= 4 is 23.5 Å². The Morgan fingerprint density at radius 3 is 2.03 bits per heavy atom. The first-order valence-electron chi connectivity index (χ1n) is 10.6. The summed E-state index contributed by atoms with van der Waals surface area (Å²) in [6.45, 7) is 5.54. The highest BCUT2D eigenvalue weighted by Crippen LogP contribution is 2.29. The molecular weight excluding hydrogens is 436 g/mol. The van der Waals surface area contributed by atoms with Crippen molar-refractivity contribution in [2.75, 3.05) is 34.0 Å². The number of hydrogen-bond donors (Lipinski definition) is 3. The summed E-state index contributed by atoms with van der Waals surface area (Å²) in [5, 5.41) is 11.2. The van der Waals surface area contributed by atoms with Crippen molar-refractivity contribution < 1.29 is 37.9 Å². The van der Waals surface area contributed by atoms with Crippen LogP contribution in [0.2, 0.25) is 0 Å². The first-order chi connectivity index (χ1) is 15.6. The number of amides is 3. The Morgan fingerprint density at radius 1 is 1.03 bits per heavy atom. The van der Waals surface area contributed by atoms with Gasteiger partial charge in [-0.15, -0.1) is 0 Å². The fourth-order valence-electron chi connectivity index (χ4n) is 3.13. The molecular formula is C21H32N4O8. The number of hydrogen-bond acceptors (Lipinski definition) is 9. The zero-order chi connectivity index (χ0) is 24.6. The van der Waals surface area contributed by atoms with Gasteiger partial charge in [0.1, 0.15) is 17.7 Å². The summed E-state index contributed by atoms with van der Waals surface area (Å²) < 4.78 is 20.1. The average Bonchev–Trinajstić information content (AvgIpc) is 3.27. The highest BCUT2D eigenvalue weighted by atomic mass is 16.6. The van der Waals surface area contributed by atoms with E-state index in [4.69, 9.17) is 18.7 Å². The van der Waals surface area contributed by atoms with E-state index in [2.05, 4.69) is 21.1 Å².